The standard InChI is InChI=1S/C20H21N5OS/c1-13-17(19(26)24-15-6-4-3-5-7-15)18(25-20(23-13)21-12-22-25)14-8-10-16(27-2)11-9-14/h3-13,17-18H,1-2H3,(H,24,26)(H,21,22,23)/t13-,17+,18+/m1/s1. The highest BCUT2D eigenvalue weighted by atomic mass is 32.2. The van der Waals surface area contributed by atoms with Gasteiger partial charge in [-0.3, -0.25) is 4.79 Å². The molecule has 1 aliphatic heterocycles. The van der Waals surface area contributed by atoms with Gasteiger partial charge in [0.15, 0.2) is 0 Å². The van der Waals surface area contributed by atoms with Gasteiger partial charge in [-0.25, -0.2) is 4.68 Å². The van der Waals surface area contributed by atoms with Gasteiger partial charge in [-0.05, 0) is 43.0 Å². The third-order valence-electron chi connectivity index (χ3n) is 4.87. The van der Waals surface area contributed by atoms with Crippen LogP contribution in [0.4, 0.5) is 11.6 Å². The van der Waals surface area contributed by atoms with E-state index in [4.69, 9.17) is 0 Å². The Balaban J connectivity index is 1.71. The average molecular weight is 379 g/mol. The second kappa shape index (κ2) is 7.44. The van der Waals surface area contributed by atoms with E-state index in [2.05, 4.69) is 45.0 Å². The van der Waals surface area contributed by atoms with E-state index in [9.17, 15) is 4.79 Å². The maximum atomic E-state index is 13.2. The summed E-state index contributed by atoms with van der Waals surface area (Å²) in [6.45, 7) is 2.01. The number of rotatable bonds is 4. The summed E-state index contributed by atoms with van der Waals surface area (Å²) in [5.41, 5.74) is 1.83. The summed E-state index contributed by atoms with van der Waals surface area (Å²) in [5.74, 6) is 0.311. The predicted octanol–water partition coefficient (Wildman–Crippen LogP) is 3.66. The average Bonchev–Trinajstić information content (AvgIpc) is 3.15. The maximum Gasteiger partial charge on any atom is 0.232 e. The van der Waals surface area contributed by atoms with Crippen molar-refractivity contribution in [1.29, 1.82) is 0 Å². The number of fused-ring (bicyclic) bond motifs is 1. The van der Waals surface area contributed by atoms with Crippen LogP contribution in [-0.4, -0.2) is 33.0 Å². The minimum atomic E-state index is -0.334. The fraction of sp³-hybridized carbons (Fsp3) is 0.250. The first-order valence-corrected chi connectivity index (χ1v) is 10.1. The van der Waals surface area contributed by atoms with Crippen molar-refractivity contribution in [3.8, 4) is 0 Å². The van der Waals surface area contributed by atoms with Crippen LogP contribution in [0.5, 0.6) is 0 Å². The summed E-state index contributed by atoms with van der Waals surface area (Å²) in [5, 5.41) is 10.7. The molecule has 2 N–H and O–H groups in total. The van der Waals surface area contributed by atoms with E-state index in [1.54, 1.807) is 11.8 Å². The second-order valence-electron chi connectivity index (χ2n) is 6.56. The summed E-state index contributed by atoms with van der Waals surface area (Å²) >= 11 is 1.69. The van der Waals surface area contributed by atoms with Gasteiger partial charge in [0, 0.05) is 16.6 Å². The molecule has 0 saturated heterocycles. The molecule has 6 nitrogen and oxygen atoms in total. The minimum Gasteiger partial charge on any atom is -0.351 e. The molecule has 1 aromatic heterocycles. The van der Waals surface area contributed by atoms with Gasteiger partial charge in [0.1, 0.15) is 6.33 Å². The molecule has 3 aromatic rings. The van der Waals surface area contributed by atoms with Crippen molar-refractivity contribution in [1.82, 2.24) is 14.8 Å². The zero-order chi connectivity index (χ0) is 18.8. The van der Waals surface area contributed by atoms with Crippen LogP contribution >= 0.6 is 11.8 Å². The number of nitrogens with zero attached hydrogens (tertiary/aromatic N) is 3. The van der Waals surface area contributed by atoms with Gasteiger partial charge in [0.05, 0.1) is 12.0 Å². The molecule has 1 aliphatic rings. The van der Waals surface area contributed by atoms with Gasteiger partial charge in [0.2, 0.25) is 11.9 Å². The summed E-state index contributed by atoms with van der Waals surface area (Å²) in [7, 11) is 0. The highest BCUT2D eigenvalue weighted by molar-refractivity contribution is 7.98. The Bertz CT molecular complexity index is 925. The number of para-hydroxylation sites is 1. The zero-order valence-electron chi connectivity index (χ0n) is 15.2. The maximum absolute atomic E-state index is 13.2. The number of nitrogens with one attached hydrogen (secondary N) is 2. The number of benzene rings is 2. The number of carbonyl (C=O) groups is 1. The van der Waals surface area contributed by atoms with Crippen LogP contribution < -0.4 is 10.6 Å². The fourth-order valence-corrected chi connectivity index (χ4v) is 3.95. The lowest BCUT2D eigenvalue weighted by Gasteiger charge is -2.36. The van der Waals surface area contributed by atoms with Crippen molar-refractivity contribution >= 4 is 29.3 Å². The SMILES string of the molecule is CSc1ccc([C@H]2[C@@H](C(=O)Nc3ccccc3)[C@@H](C)Nc3ncnn32)cc1. The zero-order valence-corrected chi connectivity index (χ0v) is 16.0. The van der Waals surface area contributed by atoms with E-state index in [1.165, 1.54) is 11.2 Å². The summed E-state index contributed by atoms with van der Waals surface area (Å²) in [6, 6.07) is 17.5. The Morgan fingerprint density at radius 1 is 1.15 bits per heavy atom. The van der Waals surface area contributed by atoms with E-state index in [1.807, 2.05) is 48.2 Å². The molecule has 4 rings (SSSR count). The minimum absolute atomic E-state index is 0.0405. The summed E-state index contributed by atoms with van der Waals surface area (Å²) < 4.78 is 1.81. The molecule has 138 valence electrons. The van der Waals surface area contributed by atoms with Crippen LogP contribution in [0.2, 0.25) is 0 Å². The molecule has 2 heterocycles. The van der Waals surface area contributed by atoms with Crippen molar-refractivity contribution < 1.29 is 4.79 Å². The van der Waals surface area contributed by atoms with Crippen LogP contribution in [0, 0.1) is 5.92 Å². The largest absolute Gasteiger partial charge is 0.351 e. The number of hydrogen-bond acceptors (Lipinski definition) is 5. The number of thioether (sulfide) groups is 1. The monoisotopic (exact) mass is 379 g/mol. The van der Waals surface area contributed by atoms with Crippen LogP contribution in [0.3, 0.4) is 0 Å². The normalized spacial score (nSPS) is 21.2. The fourth-order valence-electron chi connectivity index (χ4n) is 3.54. The molecule has 0 unspecified atom stereocenters. The Morgan fingerprint density at radius 2 is 1.89 bits per heavy atom. The van der Waals surface area contributed by atoms with E-state index in [0.717, 1.165) is 11.3 Å². The lowest BCUT2D eigenvalue weighted by molar-refractivity contribution is -0.121. The van der Waals surface area contributed by atoms with Gasteiger partial charge in [-0.1, -0.05) is 30.3 Å². The molecule has 0 spiro atoms. The smallest absolute Gasteiger partial charge is 0.232 e. The van der Waals surface area contributed by atoms with Crippen molar-refractivity contribution in [2.45, 2.75) is 23.9 Å². The third kappa shape index (κ3) is 3.42. The highest BCUT2D eigenvalue weighted by Crippen LogP contribution is 2.36. The molecular formula is C20H21N5OS. The molecule has 0 aliphatic carbocycles. The van der Waals surface area contributed by atoms with Crippen molar-refractivity contribution in [2.75, 3.05) is 16.9 Å². The molecule has 27 heavy (non-hydrogen) atoms. The van der Waals surface area contributed by atoms with E-state index >= 15 is 0 Å². The van der Waals surface area contributed by atoms with Crippen LogP contribution in [-0.2, 0) is 4.79 Å². The number of carbonyl (C=O) groups excluding carboxylic acids is 1. The topological polar surface area (TPSA) is 71.8 Å². The lowest BCUT2D eigenvalue weighted by Crippen LogP contribution is -2.46. The molecular weight excluding hydrogens is 358 g/mol. The number of hydrogen-bond donors (Lipinski definition) is 2. The van der Waals surface area contributed by atoms with Crippen LogP contribution in [0.1, 0.15) is 18.5 Å². The predicted molar refractivity (Wildman–Crippen MR) is 108 cm³/mol. The molecule has 0 saturated carbocycles. The van der Waals surface area contributed by atoms with Gasteiger partial charge in [-0.15, -0.1) is 11.8 Å². The van der Waals surface area contributed by atoms with E-state index in [-0.39, 0.29) is 23.9 Å². The quantitative estimate of drug-likeness (QED) is 0.677. The Hall–Kier alpha value is -2.80. The van der Waals surface area contributed by atoms with Crippen molar-refractivity contribution in [3.05, 3.63) is 66.5 Å². The number of anilines is 2. The number of amides is 1. The third-order valence-corrected chi connectivity index (χ3v) is 5.62. The summed E-state index contributed by atoms with van der Waals surface area (Å²) in [6.07, 6.45) is 3.57. The first-order chi connectivity index (χ1) is 13.2. The highest BCUT2D eigenvalue weighted by Gasteiger charge is 2.41. The summed E-state index contributed by atoms with van der Waals surface area (Å²) in [4.78, 5) is 18.7. The molecule has 1 amide bonds. The molecule has 0 bridgehead atoms. The van der Waals surface area contributed by atoms with Crippen molar-refractivity contribution in [3.63, 3.8) is 0 Å². The van der Waals surface area contributed by atoms with E-state index in [0.29, 0.717) is 5.95 Å². The van der Waals surface area contributed by atoms with E-state index < -0.39 is 0 Å². The number of aromatic nitrogens is 3. The Morgan fingerprint density at radius 3 is 2.59 bits per heavy atom. The Kier molecular flexibility index (Phi) is 4.85. The van der Waals surface area contributed by atoms with Crippen molar-refractivity contribution in [2.24, 2.45) is 5.92 Å². The van der Waals surface area contributed by atoms with Crippen LogP contribution in [0.15, 0.2) is 65.8 Å². The second-order valence-corrected chi connectivity index (χ2v) is 7.44. The van der Waals surface area contributed by atoms with Gasteiger partial charge in [0.25, 0.3) is 0 Å². The molecule has 3 atom stereocenters. The van der Waals surface area contributed by atoms with Crippen LogP contribution in [0.25, 0.3) is 0 Å². The molecule has 0 radical (unpaired) electrons. The lowest BCUT2D eigenvalue weighted by atomic mass is 9.85. The van der Waals surface area contributed by atoms with Gasteiger partial charge < -0.3 is 10.6 Å². The van der Waals surface area contributed by atoms with Gasteiger partial charge >= 0.3 is 0 Å². The van der Waals surface area contributed by atoms with Gasteiger partial charge in [-0.2, -0.15) is 10.1 Å². The Labute approximate surface area is 162 Å². The molecule has 2 aromatic carbocycles. The first kappa shape index (κ1) is 17.6. The molecule has 0 fully saturated rings. The first-order valence-electron chi connectivity index (χ1n) is 8.83. The molecule has 7 heteroatoms.